The molecule has 0 radical (unpaired) electrons. The highest BCUT2D eigenvalue weighted by molar-refractivity contribution is 6.40. The summed E-state index contributed by atoms with van der Waals surface area (Å²) in [6.07, 6.45) is 2.65. The van der Waals surface area contributed by atoms with E-state index < -0.39 is 11.8 Å². The number of nitrogens with one attached hydrogen (secondary N) is 1. The number of rotatable bonds is 3. The third-order valence-electron chi connectivity index (χ3n) is 4.48. The van der Waals surface area contributed by atoms with E-state index in [2.05, 4.69) is 10.3 Å². The number of nitrogens with zero attached hydrogens (tertiary/aromatic N) is 2. The standard InChI is InChI=1S/C19H21N3O4/c1-2-26-19(25)14-8-11-22(12-9-14)18(24)17(23)21-15-7-3-5-13-6-4-10-20-16(13)15/h3-7,10,14H,2,8-9,11-12H2,1H3,(H,21,23). The lowest BCUT2D eigenvalue weighted by atomic mass is 9.97. The highest BCUT2D eigenvalue weighted by Gasteiger charge is 2.30. The van der Waals surface area contributed by atoms with Crippen LogP contribution in [0.15, 0.2) is 36.5 Å². The average Bonchev–Trinajstić information content (AvgIpc) is 2.68. The van der Waals surface area contributed by atoms with E-state index in [1.165, 1.54) is 4.90 Å². The number of para-hydroxylation sites is 1. The summed E-state index contributed by atoms with van der Waals surface area (Å²) in [5.74, 6) is -1.73. The number of aromatic nitrogens is 1. The largest absolute Gasteiger partial charge is 0.466 e. The van der Waals surface area contributed by atoms with Crippen molar-refractivity contribution in [3.05, 3.63) is 36.5 Å². The molecule has 1 saturated heterocycles. The second kappa shape index (κ2) is 7.95. The van der Waals surface area contributed by atoms with E-state index in [1.54, 1.807) is 25.3 Å². The molecule has 0 saturated carbocycles. The molecular formula is C19H21N3O4. The lowest BCUT2D eigenvalue weighted by Crippen LogP contribution is -2.45. The zero-order valence-electron chi connectivity index (χ0n) is 14.6. The fraction of sp³-hybridized carbons (Fsp3) is 0.368. The highest BCUT2D eigenvalue weighted by Crippen LogP contribution is 2.22. The Balaban J connectivity index is 1.62. The second-order valence-electron chi connectivity index (χ2n) is 6.15. The van der Waals surface area contributed by atoms with Gasteiger partial charge in [-0.1, -0.05) is 18.2 Å². The Kier molecular flexibility index (Phi) is 5.46. The van der Waals surface area contributed by atoms with Gasteiger partial charge in [-0.25, -0.2) is 0 Å². The minimum atomic E-state index is -0.697. The van der Waals surface area contributed by atoms with Gasteiger partial charge < -0.3 is 15.0 Å². The fourth-order valence-electron chi connectivity index (χ4n) is 3.10. The van der Waals surface area contributed by atoms with Crippen LogP contribution in [-0.4, -0.2) is 47.4 Å². The van der Waals surface area contributed by atoms with E-state index in [0.717, 1.165) is 5.39 Å². The number of esters is 1. The highest BCUT2D eigenvalue weighted by atomic mass is 16.5. The molecule has 0 bridgehead atoms. The van der Waals surface area contributed by atoms with Gasteiger partial charge >= 0.3 is 17.8 Å². The lowest BCUT2D eigenvalue weighted by molar-refractivity contribution is -0.152. The van der Waals surface area contributed by atoms with Crippen LogP contribution in [0.1, 0.15) is 19.8 Å². The fourth-order valence-corrected chi connectivity index (χ4v) is 3.10. The molecule has 0 spiro atoms. The number of carbonyl (C=O) groups is 3. The molecule has 1 aliphatic heterocycles. The molecule has 0 atom stereocenters. The van der Waals surface area contributed by atoms with Gasteiger partial charge in [0.05, 0.1) is 23.7 Å². The van der Waals surface area contributed by atoms with Crippen molar-refractivity contribution < 1.29 is 19.1 Å². The number of likely N-dealkylation sites (tertiary alicyclic amines) is 1. The van der Waals surface area contributed by atoms with Crippen LogP contribution in [0.25, 0.3) is 10.9 Å². The van der Waals surface area contributed by atoms with Crippen molar-refractivity contribution in [2.24, 2.45) is 5.92 Å². The molecule has 1 aliphatic rings. The molecule has 1 N–H and O–H groups in total. The van der Waals surface area contributed by atoms with Crippen molar-refractivity contribution >= 4 is 34.4 Å². The number of amides is 2. The molecule has 0 aliphatic carbocycles. The first-order chi connectivity index (χ1) is 12.6. The van der Waals surface area contributed by atoms with Gasteiger partial charge in [-0.2, -0.15) is 0 Å². The summed E-state index contributed by atoms with van der Waals surface area (Å²) in [5.41, 5.74) is 1.14. The first-order valence-corrected chi connectivity index (χ1v) is 8.70. The molecule has 7 heteroatoms. The van der Waals surface area contributed by atoms with Crippen LogP contribution >= 0.6 is 0 Å². The normalized spacial score (nSPS) is 14.9. The lowest BCUT2D eigenvalue weighted by Gasteiger charge is -2.30. The van der Waals surface area contributed by atoms with E-state index in [4.69, 9.17) is 4.74 Å². The zero-order chi connectivity index (χ0) is 18.5. The molecule has 26 heavy (non-hydrogen) atoms. The number of pyridine rings is 1. The average molecular weight is 355 g/mol. The van der Waals surface area contributed by atoms with Gasteiger partial charge in [-0.15, -0.1) is 0 Å². The van der Waals surface area contributed by atoms with E-state index >= 15 is 0 Å². The van der Waals surface area contributed by atoms with Gasteiger partial charge in [-0.05, 0) is 31.9 Å². The number of ether oxygens (including phenoxy) is 1. The Bertz CT molecular complexity index is 823. The molecule has 136 valence electrons. The van der Waals surface area contributed by atoms with Crippen molar-refractivity contribution in [3.8, 4) is 0 Å². The Hall–Kier alpha value is -2.96. The van der Waals surface area contributed by atoms with Crippen LogP contribution < -0.4 is 5.32 Å². The molecule has 0 unspecified atom stereocenters. The van der Waals surface area contributed by atoms with Crippen molar-refractivity contribution in [2.45, 2.75) is 19.8 Å². The van der Waals surface area contributed by atoms with Gasteiger partial charge in [0.15, 0.2) is 0 Å². The summed E-state index contributed by atoms with van der Waals surface area (Å²) in [7, 11) is 0. The number of hydrogen-bond acceptors (Lipinski definition) is 5. The first kappa shape index (κ1) is 17.8. The maximum Gasteiger partial charge on any atom is 0.313 e. The van der Waals surface area contributed by atoms with Gasteiger partial charge in [0.2, 0.25) is 0 Å². The summed E-state index contributed by atoms with van der Waals surface area (Å²) >= 11 is 0. The molecule has 3 rings (SSSR count). The maximum atomic E-state index is 12.4. The zero-order valence-corrected chi connectivity index (χ0v) is 14.6. The summed E-state index contributed by atoms with van der Waals surface area (Å²) in [6.45, 7) is 2.84. The van der Waals surface area contributed by atoms with E-state index in [0.29, 0.717) is 43.7 Å². The van der Waals surface area contributed by atoms with Gasteiger partial charge in [0, 0.05) is 24.7 Å². The van der Waals surface area contributed by atoms with E-state index in [1.807, 2.05) is 18.2 Å². The van der Waals surface area contributed by atoms with Crippen LogP contribution in [0.4, 0.5) is 5.69 Å². The van der Waals surface area contributed by atoms with E-state index in [-0.39, 0.29) is 11.9 Å². The monoisotopic (exact) mass is 355 g/mol. The molecule has 1 aromatic carbocycles. The Labute approximate surface area is 151 Å². The van der Waals surface area contributed by atoms with Crippen molar-refractivity contribution in [1.82, 2.24) is 9.88 Å². The molecule has 1 aromatic heterocycles. The molecule has 2 heterocycles. The summed E-state index contributed by atoms with van der Waals surface area (Å²) in [4.78, 5) is 42.3. The predicted molar refractivity (Wildman–Crippen MR) is 96.3 cm³/mol. The van der Waals surface area contributed by atoms with Gasteiger partial charge in [0.25, 0.3) is 0 Å². The quantitative estimate of drug-likeness (QED) is 0.672. The summed E-state index contributed by atoms with van der Waals surface area (Å²) in [5, 5.41) is 3.53. The van der Waals surface area contributed by atoms with Crippen LogP contribution in [0.5, 0.6) is 0 Å². The third kappa shape index (κ3) is 3.82. The predicted octanol–water partition coefficient (Wildman–Crippen LogP) is 1.97. The SMILES string of the molecule is CCOC(=O)C1CCN(C(=O)C(=O)Nc2cccc3cccnc23)CC1. The third-order valence-corrected chi connectivity index (χ3v) is 4.48. The molecular weight excluding hydrogens is 334 g/mol. The molecule has 2 aromatic rings. The van der Waals surface area contributed by atoms with Crippen molar-refractivity contribution in [2.75, 3.05) is 25.0 Å². The Morgan fingerprint density at radius 3 is 2.65 bits per heavy atom. The van der Waals surface area contributed by atoms with Gasteiger partial charge in [0.1, 0.15) is 0 Å². The number of carbonyl (C=O) groups excluding carboxylic acids is 3. The maximum absolute atomic E-state index is 12.4. The summed E-state index contributed by atoms with van der Waals surface area (Å²) in [6, 6.07) is 9.11. The minimum Gasteiger partial charge on any atom is -0.466 e. The Morgan fingerprint density at radius 2 is 1.92 bits per heavy atom. The minimum absolute atomic E-state index is 0.204. The van der Waals surface area contributed by atoms with E-state index in [9.17, 15) is 14.4 Å². The molecule has 1 fully saturated rings. The van der Waals surface area contributed by atoms with Crippen LogP contribution in [0.3, 0.4) is 0 Å². The molecule has 2 amide bonds. The topological polar surface area (TPSA) is 88.6 Å². The smallest absolute Gasteiger partial charge is 0.313 e. The number of benzene rings is 1. The van der Waals surface area contributed by atoms with Crippen molar-refractivity contribution in [1.29, 1.82) is 0 Å². The van der Waals surface area contributed by atoms with Crippen LogP contribution in [-0.2, 0) is 19.1 Å². The van der Waals surface area contributed by atoms with Gasteiger partial charge in [-0.3, -0.25) is 19.4 Å². The number of anilines is 1. The van der Waals surface area contributed by atoms with Crippen LogP contribution in [0.2, 0.25) is 0 Å². The van der Waals surface area contributed by atoms with Crippen LogP contribution in [0, 0.1) is 5.92 Å². The number of hydrogen-bond donors (Lipinski definition) is 1. The number of fused-ring (bicyclic) bond motifs is 1. The first-order valence-electron chi connectivity index (χ1n) is 8.70. The molecule has 7 nitrogen and oxygen atoms in total. The van der Waals surface area contributed by atoms with Crippen molar-refractivity contribution in [3.63, 3.8) is 0 Å². The number of piperidine rings is 1. The second-order valence-corrected chi connectivity index (χ2v) is 6.15. The summed E-state index contributed by atoms with van der Waals surface area (Å²) < 4.78 is 5.02. The Morgan fingerprint density at radius 1 is 1.19 bits per heavy atom.